The van der Waals surface area contributed by atoms with Crippen molar-refractivity contribution in [1.29, 1.82) is 0 Å². The minimum absolute atomic E-state index is 0.0154. The zero-order valence-corrected chi connectivity index (χ0v) is 8.84. The summed E-state index contributed by atoms with van der Waals surface area (Å²) in [6.45, 7) is 2.97. The van der Waals surface area contributed by atoms with Crippen LogP contribution in [0.2, 0.25) is 0 Å². The Bertz CT molecular complexity index is 341. The third-order valence-electron chi connectivity index (χ3n) is 2.64. The summed E-state index contributed by atoms with van der Waals surface area (Å²) < 4.78 is 0. The molecule has 0 radical (unpaired) electrons. The quantitative estimate of drug-likeness (QED) is 0.683. The maximum atomic E-state index is 11.7. The molecule has 2 rings (SSSR count). The van der Waals surface area contributed by atoms with E-state index in [-0.39, 0.29) is 11.9 Å². The van der Waals surface area contributed by atoms with Crippen LogP contribution in [0.3, 0.4) is 0 Å². The first kappa shape index (κ1) is 10.2. The van der Waals surface area contributed by atoms with E-state index in [0.29, 0.717) is 5.82 Å². The number of amides is 1. The molecule has 15 heavy (non-hydrogen) atoms. The minimum atomic E-state index is -0.0493. The van der Waals surface area contributed by atoms with Gasteiger partial charge in [0.25, 0.3) is 0 Å². The van der Waals surface area contributed by atoms with Gasteiger partial charge in [0.2, 0.25) is 5.91 Å². The third kappa shape index (κ3) is 2.36. The molecule has 82 valence electrons. The topological polar surface area (TPSA) is 69.8 Å². The highest BCUT2D eigenvalue weighted by Gasteiger charge is 2.22. The number of carbonyl (C=O) groups excluding carboxylic acids is 1. The van der Waals surface area contributed by atoms with E-state index in [1.54, 1.807) is 0 Å². The van der Waals surface area contributed by atoms with E-state index < -0.39 is 0 Å². The van der Waals surface area contributed by atoms with Gasteiger partial charge in [0.05, 0.1) is 6.04 Å². The summed E-state index contributed by atoms with van der Waals surface area (Å²) >= 11 is 0. The molecular formula is C10H16N4O. The molecule has 5 nitrogen and oxygen atoms in total. The molecule has 1 atom stereocenters. The first-order valence-corrected chi connectivity index (χ1v) is 5.38. The van der Waals surface area contributed by atoms with Gasteiger partial charge in [0.15, 0.2) is 5.82 Å². The van der Waals surface area contributed by atoms with Crippen molar-refractivity contribution in [3.8, 4) is 0 Å². The second-order valence-electron chi connectivity index (χ2n) is 3.77. The van der Waals surface area contributed by atoms with E-state index in [4.69, 9.17) is 0 Å². The molecular weight excluding hydrogens is 192 g/mol. The van der Waals surface area contributed by atoms with Crippen LogP contribution in [-0.2, 0) is 11.2 Å². The molecule has 2 heterocycles. The van der Waals surface area contributed by atoms with E-state index in [1.807, 2.05) is 13.0 Å². The molecule has 1 fully saturated rings. The Morgan fingerprint density at radius 1 is 1.73 bits per heavy atom. The van der Waals surface area contributed by atoms with Crippen LogP contribution in [-0.4, -0.2) is 28.7 Å². The minimum Gasteiger partial charge on any atom is -0.308 e. The van der Waals surface area contributed by atoms with Crippen molar-refractivity contribution in [3.05, 3.63) is 11.8 Å². The zero-order chi connectivity index (χ0) is 10.7. The monoisotopic (exact) mass is 208 g/mol. The zero-order valence-electron chi connectivity index (χ0n) is 8.84. The van der Waals surface area contributed by atoms with Crippen LogP contribution >= 0.6 is 0 Å². The van der Waals surface area contributed by atoms with Gasteiger partial charge in [-0.05, 0) is 25.8 Å². The summed E-state index contributed by atoms with van der Waals surface area (Å²) in [5.74, 6) is 0.632. The SMILES string of the molecule is CCc1cc(NC(=O)[C@H]2CCCN2)n[nH]1. The van der Waals surface area contributed by atoms with Crippen molar-refractivity contribution < 1.29 is 4.79 Å². The summed E-state index contributed by atoms with van der Waals surface area (Å²) in [5.41, 5.74) is 1.03. The Morgan fingerprint density at radius 2 is 2.60 bits per heavy atom. The van der Waals surface area contributed by atoms with Gasteiger partial charge in [-0.3, -0.25) is 9.89 Å². The summed E-state index contributed by atoms with van der Waals surface area (Å²) in [7, 11) is 0. The van der Waals surface area contributed by atoms with Gasteiger partial charge >= 0.3 is 0 Å². The van der Waals surface area contributed by atoms with Crippen LogP contribution in [0.4, 0.5) is 5.82 Å². The van der Waals surface area contributed by atoms with E-state index >= 15 is 0 Å². The Labute approximate surface area is 88.6 Å². The van der Waals surface area contributed by atoms with Crippen molar-refractivity contribution >= 4 is 11.7 Å². The van der Waals surface area contributed by atoms with Crippen molar-refractivity contribution in [2.75, 3.05) is 11.9 Å². The number of hydrogen-bond acceptors (Lipinski definition) is 3. The lowest BCUT2D eigenvalue weighted by Crippen LogP contribution is -2.35. The maximum absolute atomic E-state index is 11.7. The number of anilines is 1. The molecule has 0 aromatic carbocycles. The molecule has 1 aromatic heterocycles. The normalized spacial score (nSPS) is 20.5. The fraction of sp³-hybridized carbons (Fsp3) is 0.600. The third-order valence-corrected chi connectivity index (χ3v) is 2.64. The van der Waals surface area contributed by atoms with Gasteiger partial charge in [0.1, 0.15) is 0 Å². The highest BCUT2D eigenvalue weighted by Crippen LogP contribution is 2.10. The van der Waals surface area contributed by atoms with E-state index in [1.165, 1.54) is 0 Å². The average Bonchev–Trinajstić information content (AvgIpc) is 2.87. The number of aryl methyl sites for hydroxylation is 1. The largest absolute Gasteiger partial charge is 0.308 e. The first-order valence-electron chi connectivity index (χ1n) is 5.38. The fourth-order valence-electron chi connectivity index (χ4n) is 1.73. The molecule has 0 spiro atoms. The highest BCUT2D eigenvalue weighted by atomic mass is 16.2. The van der Waals surface area contributed by atoms with Crippen LogP contribution in [0.25, 0.3) is 0 Å². The van der Waals surface area contributed by atoms with Gasteiger partial charge in [-0.25, -0.2) is 0 Å². The van der Waals surface area contributed by atoms with E-state index in [2.05, 4.69) is 20.8 Å². The Morgan fingerprint density at radius 3 is 3.20 bits per heavy atom. The molecule has 1 aromatic rings. The molecule has 0 unspecified atom stereocenters. The molecule has 1 saturated heterocycles. The Hall–Kier alpha value is -1.36. The van der Waals surface area contributed by atoms with Gasteiger partial charge in [-0.2, -0.15) is 5.10 Å². The van der Waals surface area contributed by atoms with Crippen molar-refractivity contribution in [3.63, 3.8) is 0 Å². The average molecular weight is 208 g/mol. The number of aromatic nitrogens is 2. The summed E-state index contributed by atoms with van der Waals surface area (Å²) in [6.07, 6.45) is 2.88. The predicted octanol–water partition coefficient (Wildman–Crippen LogP) is 0.663. The molecule has 5 heteroatoms. The standard InChI is InChI=1S/C10H16N4O/c1-2-7-6-9(14-13-7)12-10(15)8-4-3-5-11-8/h6,8,11H,2-5H2,1H3,(H2,12,13,14,15)/t8-/m1/s1. The summed E-state index contributed by atoms with van der Waals surface area (Å²) in [6, 6.07) is 1.82. The number of aromatic amines is 1. The molecule has 0 bridgehead atoms. The van der Waals surface area contributed by atoms with E-state index in [9.17, 15) is 4.79 Å². The van der Waals surface area contributed by atoms with Crippen LogP contribution in [0.15, 0.2) is 6.07 Å². The Balaban J connectivity index is 1.92. The van der Waals surface area contributed by atoms with Crippen molar-refractivity contribution in [2.24, 2.45) is 0 Å². The summed E-state index contributed by atoms with van der Waals surface area (Å²) in [4.78, 5) is 11.7. The number of rotatable bonds is 3. The first-order chi connectivity index (χ1) is 7.29. The van der Waals surface area contributed by atoms with Crippen LogP contribution in [0, 0.1) is 0 Å². The molecule has 1 amide bonds. The second kappa shape index (κ2) is 4.44. The smallest absolute Gasteiger partial charge is 0.242 e. The molecule has 0 saturated carbocycles. The van der Waals surface area contributed by atoms with Gasteiger partial charge < -0.3 is 10.6 Å². The van der Waals surface area contributed by atoms with Gasteiger partial charge in [-0.15, -0.1) is 0 Å². The van der Waals surface area contributed by atoms with Gasteiger partial charge in [-0.1, -0.05) is 6.92 Å². The van der Waals surface area contributed by atoms with Crippen molar-refractivity contribution in [1.82, 2.24) is 15.5 Å². The number of nitrogens with zero attached hydrogens (tertiary/aromatic N) is 1. The Kier molecular flexibility index (Phi) is 3.01. The number of H-pyrrole nitrogens is 1. The van der Waals surface area contributed by atoms with Crippen LogP contribution < -0.4 is 10.6 Å². The lowest BCUT2D eigenvalue weighted by atomic mass is 10.2. The number of hydrogen-bond donors (Lipinski definition) is 3. The lowest BCUT2D eigenvalue weighted by Gasteiger charge is -2.08. The summed E-state index contributed by atoms with van der Waals surface area (Å²) in [5, 5.41) is 12.8. The van der Waals surface area contributed by atoms with Crippen LogP contribution in [0.1, 0.15) is 25.5 Å². The van der Waals surface area contributed by atoms with Gasteiger partial charge in [0, 0.05) is 11.8 Å². The molecule has 1 aliphatic rings. The fourth-order valence-corrected chi connectivity index (χ4v) is 1.73. The number of nitrogens with one attached hydrogen (secondary N) is 3. The molecule has 0 aliphatic carbocycles. The number of carbonyl (C=O) groups is 1. The molecule has 1 aliphatic heterocycles. The predicted molar refractivity (Wildman–Crippen MR) is 57.6 cm³/mol. The van der Waals surface area contributed by atoms with Crippen molar-refractivity contribution in [2.45, 2.75) is 32.2 Å². The second-order valence-corrected chi connectivity index (χ2v) is 3.77. The highest BCUT2D eigenvalue weighted by molar-refractivity contribution is 5.94. The maximum Gasteiger partial charge on any atom is 0.242 e. The lowest BCUT2D eigenvalue weighted by molar-refractivity contribution is -0.117. The van der Waals surface area contributed by atoms with E-state index in [0.717, 1.165) is 31.5 Å². The molecule has 3 N–H and O–H groups in total. The van der Waals surface area contributed by atoms with Crippen LogP contribution in [0.5, 0.6) is 0 Å².